The lowest BCUT2D eigenvalue weighted by Crippen LogP contribution is -2.43. The first-order chi connectivity index (χ1) is 12.0. The van der Waals surface area contributed by atoms with E-state index in [9.17, 15) is 0 Å². The molecule has 0 spiro atoms. The van der Waals surface area contributed by atoms with E-state index in [1.807, 2.05) is 24.3 Å². The maximum absolute atomic E-state index is 4.45. The molecule has 1 fully saturated rings. The third kappa shape index (κ3) is 5.05. The number of hydrogen-bond acceptors (Lipinski definition) is 3. The minimum Gasteiger partial charge on any atom is -0.299 e. The van der Waals surface area contributed by atoms with Gasteiger partial charge in [-0.05, 0) is 51.7 Å². The van der Waals surface area contributed by atoms with Crippen molar-refractivity contribution in [3.05, 3.63) is 59.8 Å². The molecule has 0 saturated carbocycles. The Kier molecular flexibility index (Phi) is 7.01. The number of hydrogen-bond donors (Lipinski definition) is 0. The fourth-order valence-electron chi connectivity index (χ4n) is 3.77. The van der Waals surface area contributed by atoms with E-state index < -0.39 is 0 Å². The molecule has 136 valence electrons. The average molecular weight is 340 g/mol. The third-order valence-corrected chi connectivity index (χ3v) is 5.35. The summed E-state index contributed by atoms with van der Waals surface area (Å²) in [5.41, 5.74) is 5.48. The van der Waals surface area contributed by atoms with Crippen LogP contribution in [0.2, 0.25) is 0 Å². The van der Waals surface area contributed by atoms with Gasteiger partial charge in [0.05, 0.1) is 0 Å². The zero-order chi connectivity index (χ0) is 18.4. The van der Waals surface area contributed by atoms with E-state index in [4.69, 9.17) is 0 Å². The van der Waals surface area contributed by atoms with Crippen LogP contribution in [-0.4, -0.2) is 41.8 Å². The maximum Gasteiger partial charge on any atom is 0.0492 e. The van der Waals surface area contributed by atoms with Crippen LogP contribution >= 0.6 is 0 Å². The molecule has 0 aliphatic carbocycles. The molecule has 0 aromatic heterocycles. The van der Waals surface area contributed by atoms with E-state index in [0.717, 1.165) is 32.5 Å². The van der Waals surface area contributed by atoms with Gasteiger partial charge in [-0.3, -0.25) is 9.91 Å². The molecule has 0 N–H and O–H groups in total. The molecule has 1 heterocycles. The van der Waals surface area contributed by atoms with Crippen molar-refractivity contribution >= 4 is 6.21 Å². The van der Waals surface area contributed by atoms with Crippen LogP contribution in [0.4, 0.5) is 0 Å². The van der Waals surface area contributed by atoms with Crippen molar-refractivity contribution in [3.63, 3.8) is 0 Å². The van der Waals surface area contributed by atoms with E-state index in [-0.39, 0.29) is 0 Å². The van der Waals surface area contributed by atoms with Crippen LogP contribution in [0.3, 0.4) is 0 Å². The van der Waals surface area contributed by atoms with Gasteiger partial charge in [-0.2, -0.15) is 5.10 Å². The standard InChI is InChI=1S/C22H33N3/c1-7-23-25(8-2)16-22(21-10-9-18(4)15-19(21)5)20(6)24-13-11-17(3)12-14-24/h7-10,15,20,22H,2-3,11-14,16H2,1,4-6H3/b23-7-/t20-,22?/m1/s1. The molecule has 1 aromatic rings. The van der Waals surface area contributed by atoms with E-state index >= 15 is 0 Å². The highest BCUT2D eigenvalue weighted by Gasteiger charge is 2.28. The first kappa shape index (κ1) is 19.5. The summed E-state index contributed by atoms with van der Waals surface area (Å²) in [5, 5.41) is 6.41. The molecule has 2 atom stereocenters. The Morgan fingerprint density at radius 3 is 2.52 bits per heavy atom. The summed E-state index contributed by atoms with van der Waals surface area (Å²) in [4.78, 5) is 2.61. The van der Waals surface area contributed by atoms with Crippen molar-refractivity contribution in [1.29, 1.82) is 0 Å². The molecule has 2 rings (SSSR count). The molecule has 3 heteroatoms. The van der Waals surface area contributed by atoms with Gasteiger partial charge in [-0.15, -0.1) is 0 Å². The molecule has 1 unspecified atom stereocenters. The second-order valence-electron chi connectivity index (χ2n) is 7.17. The van der Waals surface area contributed by atoms with Crippen LogP contribution in [0.25, 0.3) is 0 Å². The zero-order valence-electron chi connectivity index (χ0n) is 16.3. The Morgan fingerprint density at radius 1 is 1.28 bits per heavy atom. The molecule has 1 saturated heterocycles. The van der Waals surface area contributed by atoms with Gasteiger partial charge in [-0.1, -0.05) is 42.5 Å². The Hall–Kier alpha value is -1.87. The molecule has 1 aliphatic heterocycles. The van der Waals surface area contributed by atoms with Crippen molar-refractivity contribution in [1.82, 2.24) is 9.91 Å². The Labute approximate surface area is 153 Å². The van der Waals surface area contributed by atoms with E-state index in [0.29, 0.717) is 12.0 Å². The van der Waals surface area contributed by atoms with Crippen LogP contribution in [0.15, 0.2) is 48.2 Å². The van der Waals surface area contributed by atoms with Crippen LogP contribution in [0.5, 0.6) is 0 Å². The number of aryl methyl sites for hydroxylation is 2. The lowest BCUT2D eigenvalue weighted by molar-refractivity contribution is 0.156. The fourth-order valence-corrected chi connectivity index (χ4v) is 3.77. The topological polar surface area (TPSA) is 18.8 Å². The molecule has 0 radical (unpaired) electrons. The summed E-state index contributed by atoms with van der Waals surface area (Å²) < 4.78 is 0. The summed E-state index contributed by atoms with van der Waals surface area (Å²) in [6, 6.07) is 7.26. The lowest BCUT2D eigenvalue weighted by atomic mass is 9.86. The highest BCUT2D eigenvalue weighted by molar-refractivity contribution is 5.52. The third-order valence-electron chi connectivity index (χ3n) is 5.35. The minimum atomic E-state index is 0.383. The smallest absolute Gasteiger partial charge is 0.0492 e. The summed E-state index contributed by atoms with van der Waals surface area (Å²) in [7, 11) is 0. The van der Waals surface area contributed by atoms with Crippen LogP contribution in [0.1, 0.15) is 49.3 Å². The lowest BCUT2D eigenvalue weighted by Gasteiger charge is -2.39. The van der Waals surface area contributed by atoms with Gasteiger partial charge in [0, 0.05) is 44.0 Å². The van der Waals surface area contributed by atoms with E-state index in [1.54, 1.807) is 0 Å². The summed E-state index contributed by atoms with van der Waals surface area (Å²) >= 11 is 0. The van der Waals surface area contributed by atoms with Gasteiger partial charge >= 0.3 is 0 Å². The number of benzene rings is 1. The highest BCUT2D eigenvalue weighted by Crippen LogP contribution is 2.30. The van der Waals surface area contributed by atoms with Crippen LogP contribution in [0, 0.1) is 13.8 Å². The Morgan fingerprint density at radius 2 is 1.96 bits per heavy atom. The second kappa shape index (κ2) is 9.00. The van der Waals surface area contributed by atoms with Gasteiger partial charge in [0.15, 0.2) is 0 Å². The Bertz CT molecular complexity index is 622. The molecular weight excluding hydrogens is 306 g/mol. The minimum absolute atomic E-state index is 0.383. The van der Waals surface area contributed by atoms with Crippen molar-refractivity contribution in [2.24, 2.45) is 5.10 Å². The second-order valence-corrected chi connectivity index (χ2v) is 7.17. The number of rotatable bonds is 7. The van der Waals surface area contributed by atoms with Crippen LogP contribution < -0.4 is 0 Å². The molecule has 0 amide bonds. The van der Waals surface area contributed by atoms with Gasteiger partial charge in [-0.25, -0.2) is 0 Å². The fraction of sp³-hybridized carbons (Fsp3) is 0.500. The SMILES string of the molecule is C=CN(CC(c1ccc(C)cc1C)[C@@H](C)N1CCC(=C)CC1)/N=C\C. The largest absolute Gasteiger partial charge is 0.299 e. The van der Waals surface area contributed by atoms with Crippen molar-refractivity contribution in [3.8, 4) is 0 Å². The van der Waals surface area contributed by atoms with Gasteiger partial charge in [0.25, 0.3) is 0 Å². The summed E-state index contributed by atoms with van der Waals surface area (Å²) in [6.07, 6.45) is 5.88. The number of nitrogens with zero attached hydrogens (tertiary/aromatic N) is 3. The van der Waals surface area contributed by atoms with Crippen LogP contribution in [-0.2, 0) is 0 Å². The van der Waals surface area contributed by atoms with E-state index in [1.165, 1.54) is 22.3 Å². The first-order valence-electron chi connectivity index (χ1n) is 9.32. The number of hydrazone groups is 1. The van der Waals surface area contributed by atoms with Crippen molar-refractivity contribution < 1.29 is 0 Å². The van der Waals surface area contributed by atoms with E-state index in [2.05, 4.69) is 62.1 Å². The normalized spacial score (nSPS) is 18.3. The molecule has 1 aliphatic rings. The average Bonchev–Trinajstić information content (AvgIpc) is 2.59. The monoisotopic (exact) mass is 339 g/mol. The molecule has 25 heavy (non-hydrogen) atoms. The van der Waals surface area contributed by atoms with Crippen molar-refractivity contribution in [2.75, 3.05) is 19.6 Å². The molecule has 0 bridgehead atoms. The quantitative estimate of drug-likeness (QED) is 0.400. The predicted octanol–water partition coefficient (Wildman–Crippen LogP) is 4.88. The van der Waals surface area contributed by atoms with Gasteiger partial charge < -0.3 is 0 Å². The Balaban J connectivity index is 2.30. The molecular formula is C22H33N3. The predicted molar refractivity (Wildman–Crippen MR) is 109 cm³/mol. The summed E-state index contributed by atoms with van der Waals surface area (Å²) in [5.74, 6) is 0.383. The zero-order valence-corrected chi connectivity index (χ0v) is 16.3. The highest BCUT2D eigenvalue weighted by atomic mass is 15.4. The van der Waals surface area contributed by atoms with Gasteiger partial charge in [0.2, 0.25) is 0 Å². The number of likely N-dealkylation sites (tertiary alicyclic amines) is 1. The molecule has 3 nitrogen and oxygen atoms in total. The maximum atomic E-state index is 4.45. The van der Waals surface area contributed by atoms with Gasteiger partial charge in [0.1, 0.15) is 0 Å². The van der Waals surface area contributed by atoms with Crippen molar-refractivity contribution in [2.45, 2.75) is 52.5 Å². The number of piperidine rings is 1. The molecule has 1 aromatic carbocycles. The first-order valence-corrected chi connectivity index (χ1v) is 9.32. The summed E-state index contributed by atoms with van der Waals surface area (Å²) in [6.45, 7) is 19.8.